The summed E-state index contributed by atoms with van der Waals surface area (Å²) in [6, 6.07) is 0. The van der Waals surface area contributed by atoms with E-state index < -0.39 is 4.33 Å². The minimum Gasteiger partial charge on any atom is -0.122 e. The minimum atomic E-state index is -1.36. The molecule has 0 amide bonds. The van der Waals surface area contributed by atoms with Gasteiger partial charge in [0, 0.05) is 11.5 Å². The summed E-state index contributed by atoms with van der Waals surface area (Å²) in [7, 11) is 0. The van der Waals surface area contributed by atoms with Gasteiger partial charge in [-0.05, 0) is 0 Å². The molecular weight excluding hydrogens is 285 g/mol. The Hall–Kier alpha value is 1.22. The molecule has 0 fully saturated rings. The molecular formula is C6H2Cl6. The molecule has 1 aliphatic carbocycles. The van der Waals surface area contributed by atoms with Gasteiger partial charge in [0.1, 0.15) is 0 Å². The van der Waals surface area contributed by atoms with Crippen molar-refractivity contribution in [2.45, 2.75) is 4.33 Å². The van der Waals surface area contributed by atoms with E-state index in [9.17, 15) is 0 Å². The zero-order valence-electron chi connectivity index (χ0n) is 5.47. The summed E-state index contributed by atoms with van der Waals surface area (Å²) in [4.78, 5) is 0. The van der Waals surface area contributed by atoms with Gasteiger partial charge in [-0.15, -0.1) is 11.6 Å². The van der Waals surface area contributed by atoms with E-state index in [0.29, 0.717) is 5.57 Å². The third-order valence-electron chi connectivity index (χ3n) is 1.44. The van der Waals surface area contributed by atoms with Crippen LogP contribution in [0.3, 0.4) is 0 Å². The number of halogens is 6. The van der Waals surface area contributed by atoms with Crippen molar-refractivity contribution in [3.8, 4) is 0 Å². The van der Waals surface area contributed by atoms with E-state index in [4.69, 9.17) is 69.6 Å². The second-order valence-corrected chi connectivity index (χ2v) is 4.86. The molecule has 0 unspecified atom stereocenters. The van der Waals surface area contributed by atoms with E-state index in [1.54, 1.807) is 0 Å². The lowest BCUT2D eigenvalue weighted by Gasteiger charge is -2.15. The average Bonchev–Trinajstić information content (AvgIpc) is 2.13. The van der Waals surface area contributed by atoms with Crippen LogP contribution in [-0.2, 0) is 0 Å². The van der Waals surface area contributed by atoms with E-state index >= 15 is 0 Å². The van der Waals surface area contributed by atoms with Crippen molar-refractivity contribution in [2.24, 2.45) is 0 Å². The Morgan fingerprint density at radius 3 is 1.67 bits per heavy atom. The Labute approximate surface area is 100.0 Å². The largest absolute Gasteiger partial charge is 0.178 e. The second kappa shape index (κ2) is 3.76. The number of hydrogen-bond acceptors (Lipinski definition) is 0. The van der Waals surface area contributed by atoms with Crippen LogP contribution in [0.2, 0.25) is 0 Å². The fourth-order valence-corrected chi connectivity index (χ4v) is 2.84. The molecule has 0 nitrogen and oxygen atoms in total. The van der Waals surface area contributed by atoms with Crippen LogP contribution in [0.1, 0.15) is 0 Å². The number of alkyl halides is 3. The maximum absolute atomic E-state index is 5.84. The highest BCUT2D eigenvalue weighted by molar-refractivity contribution is 6.63. The minimum absolute atomic E-state index is 0.0955. The highest BCUT2D eigenvalue weighted by Gasteiger charge is 2.42. The number of hydrogen-bond donors (Lipinski definition) is 0. The Balaban J connectivity index is 3.23. The Morgan fingerprint density at radius 1 is 1.00 bits per heavy atom. The Morgan fingerprint density at radius 2 is 1.50 bits per heavy atom. The summed E-state index contributed by atoms with van der Waals surface area (Å²) in [5, 5.41) is 0.508. The van der Waals surface area contributed by atoms with Crippen LogP contribution in [0, 0.1) is 0 Å². The molecule has 0 aromatic rings. The second-order valence-electron chi connectivity index (χ2n) is 2.13. The Bertz CT molecular complexity index is 274. The molecule has 0 spiro atoms. The van der Waals surface area contributed by atoms with Gasteiger partial charge in [0.05, 0.1) is 15.1 Å². The van der Waals surface area contributed by atoms with Crippen molar-refractivity contribution in [3.63, 3.8) is 0 Å². The highest BCUT2D eigenvalue weighted by Crippen LogP contribution is 2.52. The quantitative estimate of drug-likeness (QED) is 0.618. The zero-order valence-corrected chi connectivity index (χ0v) is 10.0. The topological polar surface area (TPSA) is 0 Å². The fourth-order valence-electron chi connectivity index (χ4n) is 0.780. The van der Waals surface area contributed by atoms with Crippen LogP contribution < -0.4 is 0 Å². The SMILES string of the molecule is ClCC1=C(Cl)C(Cl)=C(Cl)C1(Cl)Cl. The van der Waals surface area contributed by atoms with Gasteiger partial charge in [-0.2, -0.15) is 0 Å². The summed E-state index contributed by atoms with van der Waals surface area (Å²) in [5.74, 6) is 0.0955. The van der Waals surface area contributed by atoms with Gasteiger partial charge < -0.3 is 0 Å². The lowest BCUT2D eigenvalue weighted by atomic mass is 10.2. The lowest BCUT2D eigenvalue weighted by Crippen LogP contribution is -2.14. The Kier molecular flexibility index (Phi) is 3.54. The molecule has 6 heteroatoms. The van der Waals surface area contributed by atoms with E-state index in [2.05, 4.69) is 0 Å². The summed E-state index contributed by atoms with van der Waals surface area (Å²) in [6.45, 7) is 0. The van der Waals surface area contributed by atoms with E-state index in [1.165, 1.54) is 0 Å². The van der Waals surface area contributed by atoms with Gasteiger partial charge in [0.2, 0.25) is 0 Å². The standard InChI is InChI=1S/C6H2Cl6/c7-1-2-3(8)4(9)5(10)6(2,11)12/h1H2. The van der Waals surface area contributed by atoms with E-state index in [1.807, 2.05) is 0 Å². The van der Waals surface area contributed by atoms with Gasteiger partial charge in [-0.3, -0.25) is 0 Å². The van der Waals surface area contributed by atoms with Gasteiger partial charge >= 0.3 is 0 Å². The number of rotatable bonds is 1. The highest BCUT2D eigenvalue weighted by atomic mass is 35.5. The molecule has 0 aromatic carbocycles. The molecule has 0 N–H and O–H groups in total. The van der Waals surface area contributed by atoms with Crippen LogP contribution in [0.4, 0.5) is 0 Å². The molecule has 0 radical (unpaired) electrons. The first-order valence-corrected chi connectivity index (χ1v) is 5.24. The summed E-state index contributed by atoms with van der Waals surface area (Å²) < 4.78 is -1.36. The lowest BCUT2D eigenvalue weighted by molar-refractivity contribution is 1.14. The first-order valence-electron chi connectivity index (χ1n) is 2.82. The van der Waals surface area contributed by atoms with Crippen molar-refractivity contribution < 1.29 is 0 Å². The third kappa shape index (κ3) is 1.58. The van der Waals surface area contributed by atoms with Crippen molar-refractivity contribution >= 4 is 69.6 Å². The maximum Gasteiger partial charge on any atom is 0.178 e. The van der Waals surface area contributed by atoms with Crippen LogP contribution >= 0.6 is 69.6 Å². The molecule has 0 bridgehead atoms. The molecule has 0 atom stereocenters. The molecule has 0 saturated carbocycles. The molecule has 0 aromatic heterocycles. The van der Waals surface area contributed by atoms with Gasteiger partial charge in [0.15, 0.2) is 4.33 Å². The predicted octanol–water partition coefficient (Wildman–Crippen LogP) is 4.59. The fraction of sp³-hybridized carbons (Fsp3) is 0.333. The smallest absolute Gasteiger partial charge is 0.122 e. The van der Waals surface area contributed by atoms with Crippen LogP contribution in [0.15, 0.2) is 20.7 Å². The zero-order chi connectivity index (χ0) is 9.52. The summed E-state index contributed by atoms with van der Waals surface area (Å²) >= 11 is 34.4. The molecule has 68 valence electrons. The van der Waals surface area contributed by atoms with Gasteiger partial charge in [-0.25, -0.2) is 0 Å². The third-order valence-corrected chi connectivity index (χ3v) is 4.19. The number of allylic oxidation sites excluding steroid dienone is 4. The predicted molar refractivity (Wildman–Crippen MR) is 56.8 cm³/mol. The van der Waals surface area contributed by atoms with Gasteiger partial charge in [-0.1, -0.05) is 58.0 Å². The van der Waals surface area contributed by atoms with E-state index in [-0.39, 0.29) is 21.0 Å². The molecule has 0 heterocycles. The molecule has 12 heavy (non-hydrogen) atoms. The molecule has 0 aliphatic heterocycles. The molecule has 1 rings (SSSR count). The molecule has 1 aliphatic rings. The monoisotopic (exact) mass is 284 g/mol. The molecule has 0 saturated heterocycles. The van der Waals surface area contributed by atoms with Crippen molar-refractivity contribution in [2.75, 3.05) is 5.88 Å². The van der Waals surface area contributed by atoms with Gasteiger partial charge in [0.25, 0.3) is 0 Å². The normalized spacial score (nSPS) is 22.5. The summed E-state index contributed by atoms with van der Waals surface area (Å²) in [6.07, 6.45) is 0. The maximum atomic E-state index is 5.84. The van der Waals surface area contributed by atoms with Crippen molar-refractivity contribution in [3.05, 3.63) is 20.7 Å². The van der Waals surface area contributed by atoms with Crippen LogP contribution in [0.25, 0.3) is 0 Å². The van der Waals surface area contributed by atoms with Crippen LogP contribution in [-0.4, -0.2) is 10.2 Å². The summed E-state index contributed by atoms with van der Waals surface area (Å²) in [5.41, 5.74) is 0.421. The first-order chi connectivity index (χ1) is 5.42. The van der Waals surface area contributed by atoms with Crippen molar-refractivity contribution in [1.29, 1.82) is 0 Å². The van der Waals surface area contributed by atoms with Crippen LogP contribution in [0.5, 0.6) is 0 Å². The first kappa shape index (κ1) is 11.3. The van der Waals surface area contributed by atoms with Crippen molar-refractivity contribution in [1.82, 2.24) is 0 Å². The van der Waals surface area contributed by atoms with E-state index in [0.717, 1.165) is 0 Å². The average molecular weight is 287 g/mol.